The minimum absolute atomic E-state index is 0.0193. The van der Waals surface area contributed by atoms with Gasteiger partial charge >= 0.3 is 0 Å². The molecule has 0 spiro atoms. The molecule has 0 radical (unpaired) electrons. The van der Waals surface area contributed by atoms with Crippen LogP contribution in [0.4, 0.5) is 102 Å². The molecule has 13 aromatic carbocycles. The number of rotatable bonds is 10. The van der Waals surface area contributed by atoms with Crippen molar-refractivity contribution in [3.8, 4) is 0 Å². The normalized spacial score (nSPS) is 18.1. The summed E-state index contributed by atoms with van der Waals surface area (Å²) in [4.78, 5) is 22.7. The summed E-state index contributed by atoms with van der Waals surface area (Å²) < 4.78 is 2.73. The van der Waals surface area contributed by atoms with Gasteiger partial charge in [-0.1, -0.05) is 207 Å². The summed E-state index contributed by atoms with van der Waals surface area (Å²) in [6, 6.07) is 108. The Balaban J connectivity index is 0.921. The van der Waals surface area contributed by atoms with Crippen molar-refractivity contribution in [2.45, 2.75) is 159 Å². The van der Waals surface area contributed by atoms with Gasteiger partial charge in [0.1, 0.15) is 0 Å². The molecule has 14 aromatic rings. The van der Waals surface area contributed by atoms with Crippen LogP contribution in [0.5, 0.6) is 0 Å². The molecule has 5 heterocycles. The molecule has 540 valence electrons. The lowest BCUT2D eigenvalue weighted by Crippen LogP contribution is -2.34. The average molecular weight is 1470 g/mol. The summed E-state index contributed by atoms with van der Waals surface area (Å²) >= 11 is 2.02. The molecule has 0 amide bonds. The Morgan fingerprint density at radius 3 is 1.13 bits per heavy atom. The fourth-order valence-electron chi connectivity index (χ4n) is 19.1. The first kappa shape index (κ1) is 67.7. The van der Waals surface area contributed by atoms with E-state index in [1.165, 1.54) is 140 Å². The molecule has 1 aromatic heterocycles. The highest BCUT2D eigenvalue weighted by atomic mass is 32.2. The molecule has 2 unspecified atom stereocenters. The minimum Gasteiger partial charge on any atom is -0.310 e. The zero-order chi connectivity index (χ0) is 74.3. The Bertz CT molecular complexity index is 5990. The maximum atomic E-state index is 2.78. The molecule has 6 nitrogen and oxygen atoms in total. The zero-order valence-corrected chi connectivity index (χ0v) is 67.0. The summed E-state index contributed by atoms with van der Waals surface area (Å²) in [5.74, 6) is 0. The lowest BCUT2D eigenvalue weighted by Gasteiger charge is -2.50. The Labute approximate surface area is 652 Å². The van der Waals surface area contributed by atoms with Crippen LogP contribution >= 0.6 is 33.1 Å². The van der Waals surface area contributed by atoms with E-state index in [0.717, 1.165) is 71.2 Å². The van der Waals surface area contributed by atoms with Crippen molar-refractivity contribution in [1.29, 1.82) is 0 Å². The zero-order valence-electron chi connectivity index (χ0n) is 64.4. The lowest BCUT2D eigenvalue weighted by atomic mass is 9.63. The van der Waals surface area contributed by atoms with Crippen molar-refractivity contribution in [2.24, 2.45) is 0 Å². The lowest BCUT2D eigenvalue weighted by molar-refractivity contribution is 0.332. The van der Waals surface area contributed by atoms with E-state index in [2.05, 4.69) is 392 Å². The smallest absolute Gasteiger partial charge is 0.0775 e. The summed E-state index contributed by atoms with van der Waals surface area (Å²) in [5.41, 5.74) is 31.8. The fraction of sp³-hybridized carbons (Fsp3) is 0.200. The SMILES string of the molecule is Cc1ccccc1N(c1cc2c3c(c1)N(c1ccccc1)c1cc4c(cc1[SH]3c1ccccc1N2c1ccc2c(c1)C(C)(C)CCC2(C)C)[SH]1c2sc3ccccc3c2N(c2ccc3c(c2)C(C)(C)CCC3(C)C)c2cc(N(c3ccccc3C)c3ccccc3C)cc(c21)N4c1ccccc1)c1ccccc1C. The highest BCUT2D eigenvalue weighted by Gasteiger charge is 2.48. The van der Waals surface area contributed by atoms with Crippen molar-refractivity contribution in [2.75, 3.05) is 29.4 Å². The number of anilines is 18. The van der Waals surface area contributed by atoms with Crippen LogP contribution in [0.15, 0.2) is 308 Å². The van der Waals surface area contributed by atoms with Gasteiger partial charge in [-0.05, 0) is 247 Å². The Kier molecular flexibility index (Phi) is 15.5. The third kappa shape index (κ3) is 10.4. The monoisotopic (exact) mass is 1470 g/mol. The molecular weight excluding hydrogens is 1380 g/mol. The van der Waals surface area contributed by atoms with Crippen LogP contribution in [0.1, 0.15) is 126 Å². The number of aryl methyl sites for hydroxylation is 4. The van der Waals surface area contributed by atoms with Gasteiger partial charge in [-0.15, -0.1) is 11.3 Å². The van der Waals surface area contributed by atoms with Gasteiger partial charge in [-0.25, -0.2) is 0 Å². The van der Waals surface area contributed by atoms with Crippen LogP contribution in [0, 0.1) is 27.7 Å². The van der Waals surface area contributed by atoms with Crippen molar-refractivity contribution < 1.29 is 0 Å². The Hall–Kier alpha value is -10.7. The van der Waals surface area contributed by atoms with Gasteiger partial charge in [0, 0.05) is 80.1 Å². The quantitative estimate of drug-likeness (QED) is 0.132. The molecule has 2 atom stereocenters. The predicted octanol–water partition coefficient (Wildman–Crippen LogP) is 29.9. The molecule has 0 bridgehead atoms. The first-order valence-electron chi connectivity index (χ1n) is 38.9. The van der Waals surface area contributed by atoms with E-state index in [-0.39, 0.29) is 21.7 Å². The summed E-state index contributed by atoms with van der Waals surface area (Å²) in [6.07, 6.45) is 4.55. The second kappa shape index (κ2) is 24.9. The Morgan fingerprint density at radius 2 is 0.661 bits per heavy atom. The number of para-hydroxylation sites is 7. The number of fused-ring (bicyclic) bond motifs is 12. The molecule has 0 N–H and O–H groups in total. The van der Waals surface area contributed by atoms with Crippen molar-refractivity contribution in [3.05, 3.63) is 324 Å². The molecule has 20 rings (SSSR count). The van der Waals surface area contributed by atoms with Crippen LogP contribution in [0.3, 0.4) is 0 Å². The van der Waals surface area contributed by atoms with Crippen LogP contribution in [0.25, 0.3) is 10.1 Å². The molecule has 0 saturated carbocycles. The number of nitrogens with zero attached hydrogens (tertiary/aromatic N) is 6. The second-order valence-electron chi connectivity index (χ2n) is 33.7. The number of thiophene rings is 1. The second-order valence-corrected chi connectivity index (χ2v) is 39.2. The van der Waals surface area contributed by atoms with Gasteiger partial charge in [-0.3, -0.25) is 0 Å². The Morgan fingerprint density at radius 1 is 0.294 bits per heavy atom. The first-order valence-corrected chi connectivity index (χ1v) is 42.4. The van der Waals surface area contributed by atoms with Crippen molar-refractivity contribution >= 4 is 146 Å². The van der Waals surface area contributed by atoms with E-state index in [9.17, 15) is 0 Å². The molecule has 0 saturated heterocycles. The largest absolute Gasteiger partial charge is 0.310 e. The minimum atomic E-state index is -1.31. The van der Waals surface area contributed by atoms with Crippen LogP contribution in [0.2, 0.25) is 0 Å². The molecule has 2 aliphatic carbocycles. The first-order chi connectivity index (χ1) is 52.7. The summed E-state index contributed by atoms with van der Waals surface area (Å²) in [5, 5.41) is 1.29. The van der Waals surface area contributed by atoms with E-state index >= 15 is 0 Å². The van der Waals surface area contributed by atoms with E-state index in [4.69, 9.17) is 0 Å². The standard InChI is InChI=1S/C100H92N6S3/c1-63-31-19-24-40-78(63)104(79-41-25-20-32-64(79)2)71-57-85-94-86(58-71)103(69-47-49-74-76(55-69)99(9,10)53-51-97(74,5)6)82-44-28-30-46-90(82)108(94)91-62-92-84(61-83(91)101(85)67-35-15-13-16-36-67)102(68-37-17-14-18-38-68)87-59-72(105(80-42-26-21-33-65(80)3)81-43-27-22-34-66(81)4)60-88-95(87)109(92)96-93(73-39-23-29-45-89(73)107-96)106(88)70-48-50-75-77(56-70)100(11,12)54-52-98(75,7)8/h13-50,55-62,108-109H,51-54H2,1-12H3. The highest BCUT2D eigenvalue weighted by molar-refractivity contribution is 8.19. The maximum absolute atomic E-state index is 2.78. The van der Waals surface area contributed by atoms with Gasteiger partial charge < -0.3 is 29.4 Å². The molecular formula is C100H92N6S3. The van der Waals surface area contributed by atoms with Crippen molar-refractivity contribution in [3.63, 3.8) is 0 Å². The van der Waals surface area contributed by atoms with Crippen LogP contribution in [-0.4, -0.2) is 0 Å². The number of hydrogen-bond acceptors (Lipinski definition) is 7. The van der Waals surface area contributed by atoms with E-state index in [0.29, 0.717) is 0 Å². The van der Waals surface area contributed by atoms with Gasteiger partial charge in [-0.2, -0.15) is 21.8 Å². The fourth-order valence-corrected chi connectivity index (χ4v) is 26.7. The van der Waals surface area contributed by atoms with Gasteiger partial charge in [0.2, 0.25) is 0 Å². The third-order valence-electron chi connectivity index (χ3n) is 25.1. The maximum Gasteiger partial charge on any atom is 0.0775 e. The van der Waals surface area contributed by atoms with Crippen LogP contribution < -0.4 is 29.4 Å². The average Bonchev–Trinajstić information content (AvgIpc) is 1.62. The molecule has 6 aliphatic rings. The summed E-state index contributed by atoms with van der Waals surface area (Å²) in [6.45, 7) is 28.8. The van der Waals surface area contributed by atoms with E-state index < -0.39 is 21.8 Å². The topological polar surface area (TPSA) is 19.4 Å². The molecule has 109 heavy (non-hydrogen) atoms. The molecule has 9 heteroatoms. The van der Waals surface area contributed by atoms with Gasteiger partial charge in [0.25, 0.3) is 0 Å². The molecule has 0 fully saturated rings. The van der Waals surface area contributed by atoms with E-state index in [1.54, 1.807) is 0 Å². The van der Waals surface area contributed by atoms with Gasteiger partial charge in [0.05, 0.1) is 61.1 Å². The number of thiol groups is 2. The molecule has 4 aliphatic heterocycles. The highest BCUT2D eigenvalue weighted by Crippen LogP contribution is 2.78. The van der Waals surface area contributed by atoms with Crippen LogP contribution in [-0.2, 0) is 21.7 Å². The summed E-state index contributed by atoms with van der Waals surface area (Å²) in [7, 11) is -2.60. The van der Waals surface area contributed by atoms with E-state index in [1.807, 2.05) is 11.3 Å². The third-order valence-corrected chi connectivity index (χ3v) is 31.8. The number of hydrogen-bond donors (Lipinski definition) is 2. The predicted molar refractivity (Wildman–Crippen MR) is 467 cm³/mol. The number of benzene rings is 13. The van der Waals surface area contributed by atoms with Crippen molar-refractivity contribution in [1.82, 2.24) is 0 Å². The van der Waals surface area contributed by atoms with Gasteiger partial charge in [0.15, 0.2) is 0 Å².